The van der Waals surface area contributed by atoms with E-state index in [4.69, 9.17) is 9.79 Å². The number of phosphoric acid groups is 1. The summed E-state index contributed by atoms with van der Waals surface area (Å²) in [7, 11) is -4.23. The Balaban J connectivity index is 0. The Labute approximate surface area is 126 Å². The molecule has 0 aromatic carbocycles. The van der Waals surface area contributed by atoms with Crippen molar-refractivity contribution in [3.63, 3.8) is 0 Å². The van der Waals surface area contributed by atoms with E-state index in [1.807, 2.05) is 0 Å². The van der Waals surface area contributed by atoms with Crippen molar-refractivity contribution in [1.29, 1.82) is 0 Å². The van der Waals surface area contributed by atoms with E-state index < -0.39 is 7.82 Å². The van der Waals surface area contributed by atoms with Crippen LogP contribution in [0.15, 0.2) is 0 Å². The number of unbranched alkanes of at least 4 members (excludes halogenated alkanes) is 5. The summed E-state index contributed by atoms with van der Waals surface area (Å²) in [5.41, 5.74) is 0. The fraction of sp³-hybridized carbons (Fsp3) is 1.00. The van der Waals surface area contributed by atoms with Crippen LogP contribution in [0.3, 0.4) is 0 Å². The third kappa shape index (κ3) is 16.1. The molecule has 0 radical (unpaired) electrons. The van der Waals surface area contributed by atoms with Gasteiger partial charge in [0.1, 0.15) is 0 Å². The topological polar surface area (TPSA) is 66.8 Å². The van der Waals surface area contributed by atoms with E-state index in [9.17, 15) is 4.57 Å². The molecule has 0 rings (SSSR count). The third-order valence-electron chi connectivity index (χ3n) is 1.76. The average Bonchev–Trinajstić information content (AvgIpc) is 2.01. The Bertz CT molecular complexity index is 159. The van der Waals surface area contributed by atoms with Gasteiger partial charge in [-0.25, -0.2) is 4.57 Å². The Hall–Kier alpha value is 1.68. The third-order valence-corrected chi connectivity index (χ3v) is 2.28. The fourth-order valence-corrected chi connectivity index (χ4v) is 1.43. The van der Waals surface area contributed by atoms with Gasteiger partial charge >= 0.3 is 56.7 Å². The van der Waals surface area contributed by atoms with Crippen LogP contribution in [-0.4, -0.2) is 65.3 Å². The van der Waals surface area contributed by atoms with Crippen LogP contribution in [-0.2, 0) is 9.09 Å². The van der Waals surface area contributed by atoms with Gasteiger partial charge in [0.05, 0.1) is 6.61 Å². The van der Waals surface area contributed by atoms with Crippen LogP contribution in [0.4, 0.5) is 0 Å². The Kier molecular flexibility index (Phi) is 14.4. The molecule has 0 aliphatic carbocycles. The van der Waals surface area contributed by atoms with Gasteiger partial charge in [-0.2, -0.15) is 0 Å². The predicted molar refractivity (Wildman–Crippen MR) is 59.9 cm³/mol. The van der Waals surface area contributed by atoms with Crippen molar-refractivity contribution in [2.75, 3.05) is 6.61 Å². The Morgan fingerprint density at radius 3 is 2.07 bits per heavy atom. The van der Waals surface area contributed by atoms with Crippen LogP contribution >= 0.6 is 7.82 Å². The summed E-state index contributed by atoms with van der Waals surface area (Å²) in [5.74, 6) is 0. The molecule has 0 saturated heterocycles. The van der Waals surface area contributed by atoms with Crippen molar-refractivity contribution < 1.29 is 18.9 Å². The molecule has 0 aliphatic rings. The molecule has 0 bridgehead atoms. The summed E-state index contributed by atoms with van der Waals surface area (Å²) < 4.78 is 14.5. The number of hydrogen-bond acceptors (Lipinski definition) is 2. The van der Waals surface area contributed by atoms with Crippen molar-refractivity contribution in [3.8, 4) is 0 Å². The molecule has 0 aromatic heterocycles. The summed E-state index contributed by atoms with van der Waals surface area (Å²) in [6.07, 6.45) is 6.48. The van der Waals surface area contributed by atoms with E-state index in [1.54, 1.807) is 0 Å². The molecule has 2 N–H and O–H groups in total. The van der Waals surface area contributed by atoms with Gasteiger partial charge in [0.15, 0.2) is 0 Å². The summed E-state index contributed by atoms with van der Waals surface area (Å²) in [6, 6.07) is 0. The fourth-order valence-electron chi connectivity index (χ4n) is 1.07. The molecule has 0 aromatic rings. The van der Waals surface area contributed by atoms with Gasteiger partial charge in [-0.3, -0.25) is 4.52 Å². The molecular formula is C8H21BaO4P. The second-order valence-corrected chi connectivity index (χ2v) is 4.33. The van der Waals surface area contributed by atoms with E-state index in [1.165, 1.54) is 19.3 Å². The first-order valence-corrected chi connectivity index (χ1v) is 6.29. The SMILES string of the molecule is CCCCCCCCOP(=O)(O)O.[BaH2]. The zero-order valence-electron chi connectivity index (χ0n) is 8.11. The van der Waals surface area contributed by atoms with E-state index in [0.29, 0.717) is 0 Å². The molecule has 6 heteroatoms. The van der Waals surface area contributed by atoms with Crippen LogP contribution in [0.5, 0.6) is 0 Å². The summed E-state index contributed by atoms with van der Waals surface area (Å²) in [6.45, 7) is 2.31. The summed E-state index contributed by atoms with van der Waals surface area (Å²) in [4.78, 5) is 16.7. The minimum absolute atomic E-state index is 0. The normalized spacial score (nSPS) is 11.1. The first-order valence-electron chi connectivity index (χ1n) is 4.76. The molecule has 0 fully saturated rings. The Morgan fingerprint density at radius 1 is 1.07 bits per heavy atom. The first-order chi connectivity index (χ1) is 6.06. The predicted octanol–water partition coefficient (Wildman–Crippen LogP) is 1.54. The second-order valence-electron chi connectivity index (χ2n) is 3.09. The second kappa shape index (κ2) is 11.2. The van der Waals surface area contributed by atoms with Crippen LogP contribution < -0.4 is 0 Å². The zero-order chi connectivity index (χ0) is 10.2. The van der Waals surface area contributed by atoms with Gasteiger partial charge in [-0.15, -0.1) is 0 Å². The minimum atomic E-state index is -4.23. The number of hydrogen-bond donors (Lipinski definition) is 2. The zero-order valence-corrected chi connectivity index (χ0v) is 9.00. The molecule has 0 heterocycles. The summed E-state index contributed by atoms with van der Waals surface area (Å²) in [5, 5.41) is 0. The van der Waals surface area contributed by atoms with Crippen molar-refractivity contribution in [2.24, 2.45) is 0 Å². The van der Waals surface area contributed by atoms with Crippen LogP contribution in [0.2, 0.25) is 0 Å². The van der Waals surface area contributed by atoms with Gasteiger partial charge in [-0.05, 0) is 6.42 Å². The maximum atomic E-state index is 10.2. The standard InChI is InChI=1S/C8H19O4P.Ba.2H/c1-2-3-4-5-6-7-8-12-13(9,10)11;;;/h2-8H2,1H3,(H2,9,10,11);;;. The van der Waals surface area contributed by atoms with Crippen LogP contribution in [0.25, 0.3) is 0 Å². The molecule has 4 nitrogen and oxygen atoms in total. The van der Waals surface area contributed by atoms with Crippen LogP contribution in [0, 0.1) is 0 Å². The molecule has 0 atom stereocenters. The summed E-state index contributed by atoms with van der Waals surface area (Å²) >= 11 is 0. The van der Waals surface area contributed by atoms with Crippen molar-refractivity contribution >= 4 is 56.7 Å². The van der Waals surface area contributed by atoms with Gasteiger partial charge in [0, 0.05) is 0 Å². The van der Waals surface area contributed by atoms with Crippen molar-refractivity contribution in [2.45, 2.75) is 45.4 Å². The van der Waals surface area contributed by atoms with Crippen molar-refractivity contribution in [3.05, 3.63) is 0 Å². The molecule has 0 aliphatic heterocycles. The quantitative estimate of drug-likeness (QED) is 0.396. The van der Waals surface area contributed by atoms with Gasteiger partial charge < -0.3 is 9.79 Å². The van der Waals surface area contributed by atoms with Gasteiger partial charge in [-0.1, -0.05) is 39.0 Å². The van der Waals surface area contributed by atoms with E-state index in [2.05, 4.69) is 11.4 Å². The maximum absolute atomic E-state index is 10.2. The van der Waals surface area contributed by atoms with Crippen LogP contribution in [0.1, 0.15) is 45.4 Å². The Morgan fingerprint density at radius 2 is 1.57 bits per heavy atom. The van der Waals surface area contributed by atoms with E-state index in [-0.39, 0.29) is 55.5 Å². The molecule has 0 spiro atoms. The number of phosphoric ester groups is 1. The van der Waals surface area contributed by atoms with Gasteiger partial charge in [0.2, 0.25) is 0 Å². The monoisotopic (exact) mass is 350 g/mol. The number of rotatable bonds is 8. The molecule has 14 heavy (non-hydrogen) atoms. The molecule has 0 saturated carbocycles. The van der Waals surface area contributed by atoms with E-state index in [0.717, 1.165) is 19.3 Å². The molecule has 0 unspecified atom stereocenters. The first kappa shape index (κ1) is 18.1. The molecular weight excluding hydrogens is 328 g/mol. The van der Waals surface area contributed by atoms with E-state index >= 15 is 0 Å². The van der Waals surface area contributed by atoms with Crippen molar-refractivity contribution in [1.82, 2.24) is 0 Å². The molecule has 84 valence electrons. The molecule has 0 amide bonds. The average molecular weight is 350 g/mol. The van der Waals surface area contributed by atoms with Gasteiger partial charge in [0.25, 0.3) is 0 Å².